The Kier molecular flexibility index (Phi) is 7.67. The molecule has 2 aromatic carbocycles. The van der Waals surface area contributed by atoms with Crippen molar-refractivity contribution in [3.05, 3.63) is 71.8 Å². The Hall–Kier alpha value is -3.02. The van der Waals surface area contributed by atoms with Gasteiger partial charge in [-0.15, -0.1) is 0 Å². The first kappa shape index (κ1) is 24.6. The Labute approximate surface area is 197 Å². The van der Waals surface area contributed by atoms with Crippen LogP contribution in [0, 0.1) is 0 Å². The van der Waals surface area contributed by atoms with Gasteiger partial charge in [-0.05, 0) is 65.0 Å². The topological polar surface area (TPSA) is 67.9 Å². The molecular formula is C27H36N2O4. The average molecular weight is 453 g/mol. The second-order valence-corrected chi connectivity index (χ2v) is 10.3. The van der Waals surface area contributed by atoms with E-state index in [9.17, 15) is 9.59 Å². The molecule has 1 fully saturated rings. The molecule has 1 heterocycles. The normalized spacial score (nSPS) is 18.5. The Bertz CT molecular complexity index is 922. The van der Waals surface area contributed by atoms with E-state index in [1.54, 1.807) is 0 Å². The van der Waals surface area contributed by atoms with Crippen molar-refractivity contribution in [3.63, 3.8) is 0 Å². The first-order valence-electron chi connectivity index (χ1n) is 11.6. The molecule has 2 aromatic rings. The summed E-state index contributed by atoms with van der Waals surface area (Å²) in [4.78, 5) is 27.6. The first-order valence-corrected chi connectivity index (χ1v) is 11.6. The maximum atomic E-state index is 13.2. The van der Waals surface area contributed by atoms with Crippen molar-refractivity contribution in [1.29, 1.82) is 0 Å². The Morgan fingerprint density at radius 2 is 1.67 bits per heavy atom. The predicted octanol–water partition coefficient (Wildman–Crippen LogP) is 6.22. The number of alkyl carbamates (subject to hydrolysis) is 1. The van der Waals surface area contributed by atoms with Crippen LogP contribution in [0.4, 0.5) is 9.59 Å². The van der Waals surface area contributed by atoms with Gasteiger partial charge in [0, 0.05) is 11.6 Å². The number of likely N-dealkylation sites (tertiary alicyclic amines) is 1. The third-order valence-electron chi connectivity index (χ3n) is 5.91. The van der Waals surface area contributed by atoms with Crippen molar-refractivity contribution >= 4 is 12.2 Å². The minimum absolute atomic E-state index is 0.0663. The number of ether oxygens (including phenoxy) is 2. The molecular weight excluding hydrogens is 416 g/mol. The molecule has 0 radical (unpaired) electrons. The smallest absolute Gasteiger partial charge is 0.410 e. The zero-order chi connectivity index (χ0) is 24.1. The van der Waals surface area contributed by atoms with Gasteiger partial charge in [0.1, 0.15) is 12.2 Å². The van der Waals surface area contributed by atoms with Gasteiger partial charge in [-0.3, -0.25) is 0 Å². The molecule has 1 aliphatic rings. The van der Waals surface area contributed by atoms with Gasteiger partial charge >= 0.3 is 12.2 Å². The molecule has 1 N–H and O–H groups in total. The number of nitrogens with zero attached hydrogens (tertiary/aromatic N) is 1. The first-order chi connectivity index (χ1) is 15.5. The minimum Gasteiger partial charge on any atom is -0.445 e. The van der Waals surface area contributed by atoms with Crippen LogP contribution in [0.3, 0.4) is 0 Å². The number of rotatable bonds is 6. The summed E-state index contributed by atoms with van der Waals surface area (Å²) >= 11 is 0. The number of amides is 2. The van der Waals surface area contributed by atoms with E-state index in [1.807, 2.05) is 86.3 Å². The molecule has 1 saturated heterocycles. The lowest BCUT2D eigenvalue weighted by atomic mass is 9.98. The van der Waals surface area contributed by atoms with Crippen LogP contribution in [0.5, 0.6) is 0 Å². The Morgan fingerprint density at radius 3 is 2.27 bits per heavy atom. The number of hydrogen-bond donors (Lipinski definition) is 1. The highest BCUT2D eigenvalue weighted by Crippen LogP contribution is 2.38. The largest absolute Gasteiger partial charge is 0.445 e. The van der Waals surface area contributed by atoms with Crippen LogP contribution in [-0.4, -0.2) is 34.3 Å². The van der Waals surface area contributed by atoms with Gasteiger partial charge in [-0.2, -0.15) is 0 Å². The van der Waals surface area contributed by atoms with E-state index in [4.69, 9.17) is 9.47 Å². The predicted molar refractivity (Wildman–Crippen MR) is 129 cm³/mol. The van der Waals surface area contributed by atoms with Gasteiger partial charge in [0.2, 0.25) is 0 Å². The summed E-state index contributed by atoms with van der Waals surface area (Å²) < 4.78 is 11.2. The summed E-state index contributed by atoms with van der Waals surface area (Å²) in [6.45, 7) is 9.89. The van der Waals surface area contributed by atoms with Gasteiger partial charge in [-0.1, -0.05) is 60.7 Å². The van der Waals surface area contributed by atoms with E-state index < -0.39 is 11.7 Å². The van der Waals surface area contributed by atoms with Gasteiger partial charge in [0.05, 0.1) is 6.04 Å². The lowest BCUT2D eigenvalue weighted by Gasteiger charge is -2.36. The molecule has 0 aliphatic carbocycles. The molecule has 2 atom stereocenters. The highest BCUT2D eigenvalue weighted by Gasteiger charge is 2.44. The third kappa shape index (κ3) is 6.98. The van der Waals surface area contributed by atoms with E-state index in [-0.39, 0.29) is 30.3 Å². The minimum atomic E-state index is -0.589. The van der Waals surface area contributed by atoms with Crippen LogP contribution in [0.25, 0.3) is 0 Å². The molecule has 0 spiro atoms. The van der Waals surface area contributed by atoms with Crippen molar-refractivity contribution in [2.24, 2.45) is 0 Å². The molecule has 2 amide bonds. The number of carbonyl (C=O) groups is 2. The molecule has 0 unspecified atom stereocenters. The fraction of sp³-hybridized carbons (Fsp3) is 0.481. The number of nitrogens with one attached hydrogen (secondary N) is 1. The summed E-state index contributed by atoms with van der Waals surface area (Å²) in [6.07, 6.45) is 1.49. The lowest BCUT2D eigenvalue weighted by Crippen LogP contribution is -2.48. The fourth-order valence-corrected chi connectivity index (χ4v) is 4.36. The number of hydrogen-bond acceptors (Lipinski definition) is 4. The molecule has 33 heavy (non-hydrogen) atoms. The van der Waals surface area contributed by atoms with Crippen molar-refractivity contribution in [2.75, 3.05) is 0 Å². The third-order valence-corrected chi connectivity index (χ3v) is 5.91. The molecule has 0 aromatic heterocycles. The van der Waals surface area contributed by atoms with Crippen LogP contribution < -0.4 is 5.32 Å². The monoisotopic (exact) mass is 452 g/mol. The van der Waals surface area contributed by atoms with Crippen LogP contribution in [-0.2, 0) is 16.1 Å². The lowest BCUT2D eigenvalue weighted by molar-refractivity contribution is 0.0460. The summed E-state index contributed by atoms with van der Waals surface area (Å²) in [5.41, 5.74) is 1.01. The van der Waals surface area contributed by atoms with Gasteiger partial charge in [0.15, 0.2) is 0 Å². The van der Waals surface area contributed by atoms with Crippen LogP contribution in [0.1, 0.15) is 71.0 Å². The van der Waals surface area contributed by atoms with Gasteiger partial charge in [0.25, 0.3) is 0 Å². The van der Waals surface area contributed by atoms with Crippen LogP contribution >= 0.6 is 0 Å². The number of carbonyl (C=O) groups excluding carboxylic acids is 2. The van der Waals surface area contributed by atoms with E-state index in [2.05, 4.69) is 19.2 Å². The zero-order valence-electron chi connectivity index (χ0n) is 20.3. The van der Waals surface area contributed by atoms with E-state index in [0.717, 1.165) is 24.0 Å². The van der Waals surface area contributed by atoms with Gasteiger partial charge < -0.3 is 19.7 Å². The molecule has 3 rings (SSSR count). The Balaban J connectivity index is 1.75. The quantitative estimate of drug-likeness (QED) is 0.565. The summed E-state index contributed by atoms with van der Waals surface area (Å²) in [7, 11) is 0. The average Bonchev–Trinajstić information content (AvgIpc) is 3.05. The maximum absolute atomic E-state index is 13.2. The maximum Gasteiger partial charge on any atom is 0.410 e. The standard InChI is InChI=1S/C27H36N2O4/c1-26(2,3)33-24(30)28-23(21-14-10-7-11-15-21)18-22-16-17-27(4,5)29(22)25(31)32-19-20-12-8-6-9-13-20/h6-15,22-23H,16-19H2,1-5H3,(H,28,30)/t22-,23+/m1/s1. The summed E-state index contributed by atoms with van der Waals surface area (Å²) in [5, 5.41) is 3.02. The van der Waals surface area contributed by atoms with Crippen molar-refractivity contribution in [3.8, 4) is 0 Å². The highest BCUT2D eigenvalue weighted by molar-refractivity contribution is 5.70. The highest BCUT2D eigenvalue weighted by atomic mass is 16.6. The molecule has 6 nitrogen and oxygen atoms in total. The van der Waals surface area contributed by atoms with Crippen LogP contribution in [0.2, 0.25) is 0 Å². The fourth-order valence-electron chi connectivity index (χ4n) is 4.36. The van der Waals surface area contributed by atoms with Crippen molar-refractivity contribution < 1.29 is 19.1 Å². The SMILES string of the molecule is CC(C)(C)OC(=O)N[C@@H](C[C@H]1CCC(C)(C)N1C(=O)OCc1ccccc1)c1ccccc1. The molecule has 1 aliphatic heterocycles. The zero-order valence-corrected chi connectivity index (χ0v) is 20.3. The van der Waals surface area contributed by atoms with Crippen molar-refractivity contribution in [2.45, 2.75) is 83.7 Å². The van der Waals surface area contributed by atoms with E-state index >= 15 is 0 Å². The van der Waals surface area contributed by atoms with Crippen LogP contribution in [0.15, 0.2) is 60.7 Å². The van der Waals surface area contributed by atoms with E-state index in [1.165, 1.54) is 0 Å². The van der Waals surface area contributed by atoms with Crippen molar-refractivity contribution in [1.82, 2.24) is 10.2 Å². The second kappa shape index (κ2) is 10.3. The Morgan fingerprint density at radius 1 is 1.06 bits per heavy atom. The summed E-state index contributed by atoms with van der Waals surface area (Å²) in [5.74, 6) is 0. The molecule has 0 saturated carbocycles. The summed E-state index contributed by atoms with van der Waals surface area (Å²) in [6, 6.07) is 19.1. The second-order valence-electron chi connectivity index (χ2n) is 10.3. The molecule has 178 valence electrons. The van der Waals surface area contributed by atoms with Gasteiger partial charge in [-0.25, -0.2) is 9.59 Å². The molecule has 0 bridgehead atoms. The number of benzene rings is 2. The van der Waals surface area contributed by atoms with E-state index in [0.29, 0.717) is 6.42 Å². The molecule has 6 heteroatoms.